The molecule has 0 fully saturated rings. The van der Waals surface area contributed by atoms with E-state index in [0.717, 1.165) is 4.47 Å². The van der Waals surface area contributed by atoms with Gasteiger partial charge in [-0.2, -0.15) is 0 Å². The first-order valence-electron chi connectivity index (χ1n) is 6.83. The lowest BCUT2D eigenvalue weighted by Crippen LogP contribution is -2.14. The van der Waals surface area contributed by atoms with Crippen LogP contribution >= 0.6 is 31.9 Å². The van der Waals surface area contributed by atoms with E-state index in [0.29, 0.717) is 39.5 Å². The van der Waals surface area contributed by atoms with Crippen LogP contribution in [0.25, 0.3) is 0 Å². The molecule has 0 spiro atoms. The van der Waals surface area contributed by atoms with Crippen LogP contribution in [-0.2, 0) is 0 Å². The Morgan fingerprint density at radius 3 is 2.61 bits per heavy atom. The molecule has 2 aromatic rings. The number of rotatable bonds is 5. The third kappa shape index (κ3) is 4.17. The first kappa shape index (κ1) is 17.6. The van der Waals surface area contributed by atoms with Gasteiger partial charge in [0.1, 0.15) is 11.5 Å². The van der Waals surface area contributed by atoms with Gasteiger partial charge < -0.3 is 20.5 Å². The fraction of sp³-hybridized carbons (Fsp3) is 0.188. The molecule has 0 aromatic heterocycles. The lowest BCUT2D eigenvalue weighted by molar-refractivity contribution is 0.102. The van der Waals surface area contributed by atoms with Crippen LogP contribution in [0, 0.1) is 0 Å². The Labute approximate surface area is 151 Å². The predicted octanol–water partition coefficient (Wildman–Crippen LogP) is 4.45. The number of halogens is 2. The molecule has 0 bridgehead atoms. The van der Waals surface area contributed by atoms with Crippen molar-refractivity contribution in [3.05, 3.63) is 44.8 Å². The number of nitrogens with one attached hydrogen (secondary N) is 1. The van der Waals surface area contributed by atoms with Gasteiger partial charge in [0.2, 0.25) is 0 Å². The van der Waals surface area contributed by atoms with Gasteiger partial charge in [-0.15, -0.1) is 0 Å². The van der Waals surface area contributed by atoms with Crippen LogP contribution in [0.15, 0.2) is 39.3 Å². The topological polar surface area (TPSA) is 73.6 Å². The van der Waals surface area contributed by atoms with Gasteiger partial charge in [-0.05, 0) is 47.1 Å². The zero-order valence-electron chi connectivity index (χ0n) is 12.7. The minimum atomic E-state index is -0.320. The Balaban J connectivity index is 2.29. The Bertz CT molecular complexity index is 736. The minimum Gasteiger partial charge on any atom is -0.495 e. The summed E-state index contributed by atoms with van der Waals surface area (Å²) in [6, 6.07) is 8.62. The standard InChI is InChI=1S/C16H16Br2N2O3/c1-3-23-10-4-5-14(13(19)8-10)20-16(21)11-6-9(17)7-12(18)15(11)22-2/h4-8H,3,19H2,1-2H3,(H,20,21). The molecule has 2 aromatic carbocycles. The molecule has 0 radical (unpaired) electrons. The van der Waals surface area contributed by atoms with E-state index in [9.17, 15) is 4.79 Å². The molecular formula is C16H16Br2N2O3. The first-order chi connectivity index (χ1) is 11.0. The van der Waals surface area contributed by atoms with Crippen molar-refractivity contribution >= 4 is 49.1 Å². The van der Waals surface area contributed by atoms with Crippen LogP contribution in [0.5, 0.6) is 11.5 Å². The highest BCUT2D eigenvalue weighted by Gasteiger charge is 2.17. The molecule has 7 heteroatoms. The summed E-state index contributed by atoms with van der Waals surface area (Å²) < 4.78 is 12.1. The number of nitrogen functional groups attached to an aromatic ring is 1. The average Bonchev–Trinajstić information content (AvgIpc) is 2.49. The Hall–Kier alpha value is -1.73. The fourth-order valence-corrected chi connectivity index (χ4v) is 3.42. The summed E-state index contributed by atoms with van der Waals surface area (Å²) in [6.45, 7) is 2.44. The van der Waals surface area contributed by atoms with E-state index in [1.807, 2.05) is 6.92 Å². The quantitative estimate of drug-likeness (QED) is 0.669. The number of nitrogens with two attached hydrogens (primary N) is 1. The molecule has 0 heterocycles. The average molecular weight is 444 g/mol. The van der Waals surface area contributed by atoms with Crippen LogP contribution in [0.4, 0.5) is 11.4 Å². The van der Waals surface area contributed by atoms with Crippen molar-refractivity contribution < 1.29 is 14.3 Å². The molecule has 1 amide bonds. The Kier molecular flexibility index (Phi) is 5.90. The molecule has 23 heavy (non-hydrogen) atoms. The second kappa shape index (κ2) is 7.70. The molecule has 0 saturated heterocycles. The number of carbonyl (C=O) groups is 1. The molecule has 5 nitrogen and oxygen atoms in total. The van der Waals surface area contributed by atoms with Crippen molar-refractivity contribution in [3.8, 4) is 11.5 Å². The van der Waals surface area contributed by atoms with E-state index < -0.39 is 0 Å². The number of anilines is 2. The fourth-order valence-electron chi connectivity index (χ4n) is 2.04. The van der Waals surface area contributed by atoms with Gasteiger partial charge in [-0.3, -0.25) is 4.79 Å². The van der Waals surface area contributed by atoms with Gasteiger partial charge in [0, 0.05) is 10.5 Å². The maximum Gasteiger partial charge on any atom is 0.259 e. The lowest BCUT2D eigenvalue weighted by Gasteiger charge is -2.13. The van der Waals surface area contributed by atoms with Crippen molar-refractivity contribution in [2.24, 2.45) is 0 Å². The largest absolute Gasteiger partial charge is 0.495 e. The summed E-state index contributed by atoms with van der Waals surface area (Å²) in [4.78, 5) is 12.5. The van der Waals surface area contributed by atoms with Gasteiger partial charge in [-0.1, -0.05) is 15.9 Å². The second-order valence-corrected chi connectivity index (χ2v) is 6.37. The number of methoxy groups -OCH3 is 1. The van der Waals surface area contributed by atoms with Crippen LogP contribution in [-0.4, -0.2) is 19.6 Å². The SMILES string of the molecule is CCOc1ccc(NC(=O)c2cc(Br)cc(Br)c2OC)c(N)c1. The number of carbonyl (C=O) groups excluding carboxylic acids is 1. The van der Waals surface area contributed by atoms with Gasteiger partial charge in [0.05, 0.1) is 35.1 Å². The van der Waals surface area contributed by atoms with Crippen LogP contribution in [0.3, 0.4) is 0 Å². The van der Waals surface area contributed by atoms with E-state index in [1.54, 1.807) is 30.3 Å². The highest BCUT2D eigenvalue weighted by molar-refractivity contribution is 9.11. The lowest BCUT2D eigenvalue weighted by atomic mass is 10.1. The normalized spacial score (nSPS) is 10.3. The highest BCUT2D eigenvalue weighted by atomic mass is 79.9. The molecule has 0 unspecified atom stereocenters. The van der Waals surface area contributed by atoms with E-state index >= 15 is 0 Å². The van der Waals surface area contributed by atoms with E-state index in [4.69, 9.17) is 15.2 Å². The molecular weight excluding hydrogens is 428 g/mol. The Morgan fingerprint density at radius 2 is 2.00 bits per heavy atom. The summed E-state index contributed by atoms with van der Waals surface area (Å²) in [5.41, 5.74) is 7.29. The zero-order valence-corrected chi connectivity index (χ0v) is 15.8. The number of hydrogen-bond donors (Lipinski definition) is 2. The summed E-state index contributed by atoms with van der Waals surface area (Å²) in [7, 11) is 1.51. The first-order valence-corrected chi connectivity index (χ1v) is 8.41. The van der Waals surface area contributed by atoms with Crippen molar-refractivity contribution in [3.63, 3.8) is 0 Å². The molecule has 122 valence electrons. The maximum absolute atomic E-state index is 12.5. The van der Waals surface area contributed by atoms with Crippen molar-refractivity contribution in [1.29, 1.82) is 0 Å². The minimum absolute atomic E-state index is 0.320. The summed E-state index contributed by atoms with van der Waals surface area (Å²) in [5, 5.41) is 2.78. The predicted molar refractivity (Wildman–Crippen MR) is 98.4 cm³/mol. The van der Waals surface area contributed by atoms with E-state index in [1.165, 1.54) is 7.11 Å². The summed E-state index contributed by atoms with van der Waals surface area (Å²) in [5.74, 6) is 0.792. The molecule has 3 N–H and O–H groups in total. The van der Waals surface area contributed by atoms with Gasteiger partial charge in [0.25, 0.3) is 5.91 Å². The molecule has 0 aliphatic rings. The number of benzene rings is 2. The van der Waals surface area contributed by atoms with E-state index in [2.05, 4.69) is 37.2 Å². The maximum atomic E-state index is 12.5. The molecule has 0 aliphatic carbocycles. The number of amides is 1. The second-order valence-electron chi connectivity index (χ2n) is 4.60. The monoisotopic (exact) mass is 442 g/mol. The van der Waals surface area contributed by atoms with Crippen LogP contribution < -0.4 is 20.5 Å². The zero-order chi connectivity index (χ0) is 17.0. The smallest absolute Gasteiger partial charge is 0.259 e. The molecule has 0 atom stereocenters. The van der Waals surface area contributed by atoms with E-state index in [-0.39, 0.29) is 5.91 Å². The van der Waals surface area contributed by atoms with Crippen LogP contribution in [0.2, 0.25) is 0 Å². The third-order valence-corrected chi connectivity index (χ3v) is 4.09. The number of hydrogen-bond acceptors (Lipinski definition) is 4. The molecule has 0 aliphatic heterocycles. The van der Waals surface area contributed by atoms with Gasteiger partial charge in [0.15, 0.2) is 0 Å². The molecule has 2 rings (SSSR count). The summed E-state index contributed by atoms with van der Waals surface area (Å²) in [6.07, 6.45) is 0. The van der Waals surface area contributed by atoms with Gasteiger partial charge in [-0.25, -0.2) is 0 Å². The molecule has 0 saturated carbocycles. The van der Waals surface area contributed by atoms with Crippen molar-refractivity contribution in [2.75, 3.05) is 24.8 Å². The van der Waals surface area contributed by atoms with Crippen molar-refractivity contribution in [1.82, 2.24) is 0 Å². The van der Waals surface area contributed by atoms with Crippen LogP contribution in [0.1, 0.15) is 17.3 Å². The highest BCUT2D eigenvalue weighted by Crippen LogP contribution is 2.33. The van der Waals surface area contributed by atoms with Crippen molar-refractivity contribution in [2.45, 2.75) is 6.92 Å². The van der Waals surface area contributed by atoms with Gasteiger partial charge >= 0.3 is 0 Å². The Morgan fingerprint density at radius 1 is 1.26 bits per heavy atom. The third-order valence-electron chi connectivity index (χ3n) is 3.04. The summed E-state index contributed by atoms with van der Waals surface area (Å²) >= 11 is 6.74. The number of ether oxygens (including phenoxy) is 2.